The summed E-state index contributed by atoms with van der Waals surface area (Å²) in [5, 5.41) is 12.1. The first-order chi connectivity index (χ1) is 6.59. The number of hydrogen-bond donors (Lipinski definition) is 1. The first-order valence-corrected chi connectivity index (χ1v) is 4.79. The van der Waals surface area contributed by atoms with Gasteiger partial charge < -0.3 is 5.11 Å². The quantitative estimate of drug-likeness (QED) is 0.668. The summed E-state index contributed by atoms with van der Waals surface area (Å²) >= 11 is 0. The van der Waals surface area contributed by atoms with Crippen molar-refractivity contribution in [1.29, 1.82) is 0 Å². The summed E-state index contributed by atoms with van der Waals surface area (Å²) in [7, 11) is 0. The van der Waals surface area contributed by atoms with Crippen LogP contribution < -0.4 is 0 Å². The number of fused-ring (bicyclic) bond motifs is 1. The van der Waals surface area contributed by atoms with Gasteiger partial charge in [-0.3, -0.25) is 0 Å². The average Bonchev–Trinajstić information content (AvgIpc) is 2.16. The third-order valence-electron chi connectivity index (χ3n) is 2.71. The Hall–Kier alpha value is -1.50. The minimum Gasteiger partial charge on any atom is -0.507 e. The van der Waals surface area contributed by atoms with Crippen LogP contribution >= 0.6 is 0 Å². The van der Waals surface area contributed by atoms with E-state index in [0.717, 1.165) is 16.5 Å². The minimum atomic E-state index is 0.420. The van der Waals surface area contributed by atoms with Crippen LogP contribution in [0.5, 0.6) is 5.75 Å². The summed E-state index contributed by atoms with van der Waals surface area (Å²) in [6.45, 7) is 5.96. The first-order valence-electron chi connectivity index (χ1n) is 4.79. The second kappa shape index (κ2) is 3.02. The second-order valence-electron chi connectivity index (χ2n) is 3.89. The molecule has 2 rings (SSSR count). The Morgan fingerprint density at radius 3 is 2.43 bits per heavy atom. The monoisotopic (exact) mass is 186 g/mol. The number of benzene rings is 2. The van der Waals surface area contributed by atoms with Gasteiger partial charge in [0.05, 0.1) is 0 Å². The van der Waals surface area contributed by atoms with E-state index in [1.165, 1.54) is 10.9 Å². The Morgan fingerprint density at radius 1 is 1.00 bits per heavy atom. The molecule has 0 aromatic heterocycles. The van der Waals surface area contributed by atoms with Gasteiger partial charge in [0.1, 0.15) is 5.75 Å². The van der Waals surface area contributed by atoms with Gasteiger partial charge in [0.15, 0.2) is 0 Å². The van der Waals surface area contributed by atoms with Crippen LogP contribution in [0.15, 0.2) is 24.3 Å². The van der Waals surface area contributed by atoms with E-state index in [2.05, 4.69) is 25.1 Å². The van der Waals surface area contributed by atoms with Crippen LogP contribution in [0.1, 0.15) is 16.7 Å². The van der Waals surface area contributed by atoms with Crippen molar-refractivity contribution in [1.82, 2.24) is 0 Å². The van der Waals surface area contributed by atoms with Gasteiger partial charge in [-0.15, -0.1) is 0 Å². The molecule has 0 heterocycles. The molecule has 0 spiro atoms. The van der Waals surface area contributed by atoms with E-state index >= 15 is 0 Å². The van der Waals surface area contributed by atoms with Crippen molar-refractivity contribution in [2.75, 3.05) is 0 Å². The molecule has 0 aliphatic carbocycles. The largest absolute Gasteiger partial charge is 0.507 e. The molecule has 0 fully saturated rings. The SMILES string of the molecule is Cc1ccc2cc(C)c(O)c(C)c2c1. The molecule has 1 heteroatoms. The minimum absolute atomic E-state index is 0.420. The van der Waals surface area contributed by atoms with Crippen molar-refractivity contribution in [2.24, 2.45) is 0 Å². The molecule has 2 aromatic carbocycles. The molecule has 0 saturated carbocycles. The summed E-state index contributed by atoms with van der Waals surface area (Å²) in [5.74, 6) is 0.420. The molecule has 14 heavy (non-hydrogen) atoms. The van der Waals surface area contributed by atoms with Crippen LogP contribution in [0.25, 0.3) is 10.8 Å². The summed E-state index contributed by atoms with van der Waals surface area (Å²) in [4.78, 5) is 0. The predicted octanol–water partition coefficient (Wildman–Crippen LogP) is 3.47. The van der Waals surface area contributed by atoms with Crippen molar-refractivity contribution in [3.05, 3.63) is 41.0 Å². The summed E-state index contributed by atoms with van der Waals surface area (Å²) in [5.41, 5.74) is 3.14. The maximum atomic E-state index is 9.80. The third kappa shape index (κ3) is 1.25. The summed E-state index contributed by atoms with van der Waals surface area (Å²) in [6.07, 6.45) is 0. The number of hydrogen-bond acceptors (Lipinski definition) is 1. The lowest BCUT2D eigenvalue weighted by Crippen LogP contribution is -1.85. The highest BCUT2D eigenvalue weighted by Crippen LogP contribution is 2.30. The highest BCUT2D eigenvalue weighted by molar-refractivity contribution is 5.89. The van der Waals surface area contributed by atoms with Gasteiger partial charge in [-0.2, -0.15) is 0 Å². The van der Waals surface area contributed by atoms with Gasteiger partial charge in [-0.05, 0) is 48.7 Å². The van der Waals surface area contributed by atoms with E-state index in [1.54, 1.807) is 0 Å². The number of rotatable bonds is 0. The Balaban J connectivity index is 2.92. The Bertz CT molecular complexity index is 498. The molecule has 0 aliphatic heterocycles. The lowest BCUT2D eigenvalue weighted by Gasteiger charge is -2.08. The van der Waals surface area contributed by atoms with Crippen molar-refractivity contribution in [2.45, 2.75) is 20.8 Å². The maximum Gasteiger partial charge on any atom is 0.122 e. The number of phenolic OH excluding ortho intramolecular Hbond substituents is 1. The Labute approximate surface area is 84.0 Å². The standard InChI is InChI=1S/C13H14O/c1-8-4-5-11-7-9(2)13(14)10(3)12(11)6-8/h4-7,14H,1-3H3. The Morgan fingerprint density at radius 2 is 1.71 bits per heavy atom. The first kappa shape index (κ1) is 9.07. The third-order valence-corrected chi connectivity index (χ3v) is 2.71. The lowest BCUT2D eigenvalue weighted by molar-refractivity contribution is 0.468. The van der Waals surface area contributed by atoms with Gasteiger partial charge in [0.25, 0.3) is 0 Å². The number of aryl methyl sites for hydroxylation is 3. The van der Waals surface area contributed by atoms with Crippen LogP contribution in [0.4, 0.5) is 0 Å². The van der Waals surface area contributed by atoms with Crippen LogP contribution in [0.2, 0.25) is 0 Å². The fraction of sp³-hybridized carbons (Fsp3) is 0.231. The fourth-order valence-corrected chi connectivity index (χ4v) is 1.85. The normalized spacial score (nSPS) is 10.8. The van der Waals surface area contributed by atoms with Crippen LogP contribution in [-0.4, -0.2) is 5.11 Å². The summed E-state index contributed by atoms with van der Waals surface area (Å²) < 4.78 is 0. The number of phenols is 1. The van der Waals surface area contributed by atoms with E-state index in [0.29, 0.717) is 5.75 Å². The molecule has 0 saturated heterocycles. The van der Waals surface area contributed by atoms with Gasteiger partial charge in [-0.1, -0.05) is 23.8 Å². The lowest BCUT2D eigenvalue weighted by atomic mass is 9.99. The molecule has 0 bridgehead atoms. The van der Waals surface area contributed by atoms with Crippen LogP contribution in [-0.2, 0) is 0 Å². The molecule has 0 atom stereocenters. The Kier molecular flexibility index (Phi) is 1.95. The molecule has 1 nitrogen and oxygen atoms in total. The van der Waals surface area contributed by atoms with E-state index in [-0.39, 0.29) is 0 Å². The second-order valence-corrected chi connectivity index (χ2v) is 3.89. The molecule has 72 valence electrons. The van der Waals surface area contributed by atoms with E-state index in [4.69, 9.17) is 0 Å². The van der Waals surface area contributed by atoms with E-state index in [1.807, 2.05) is 19.9 Å². The van der Waals surface area contributed by atoms with Crippen molar-refractivity contribution >= 4 is 10.8 Å². The van der Waals surface area contributed by atoms with Gasteiger partial charge >= 0.3 is 0 Å². The topological polar surface area (TPSA) is 20.2 Å². The molecular weight excluding hydrogens is 172 g/mol. The maximum absolute atomic E-state index is 9.80. The van der Waals surface area contributed by atoms with Crippen molar-refractivity contribution in [3.63, 3.8) is 0 Å². The fourth-order valence-electron chi connectivity index (χ4n) is 1.85. The van der Waals surface area contributed by atoms with Crippen LogP contribution in [0.3, 0.4) is 0 Å². The molecular formula is C13H14O. The molecule has 2 aromatic rings. The zero-order valence-electron chi connectivity index (χ0n) is 8.76. The smallest absolute Gasteiger partial charge is 0.122 e. The molecule has 0 unspecified atom stereocenters. The van der Waals surface area contributed by atoms with E-state index in [9.17, 15) is 5.11 Å². The molecule has 0 aliphatic rings. The van der Waals surface area contributed by atoms with Crippen LogP contribution in [0, 0.1) is 20.8 Å². The highest BCUT2D eigenvalue weighted by Gasteiger charge is 2.05. The average molecular weight is 186 g/mol. The molecule has 0 radical (unpaired) electrons. The van der Waals surface area contributed by atoms with Gasteiger partial charge in [-0.25, -0.2) is 0 Å². The van der Waals surface area contributed by atoms with Crippen molar-refractivity contribution in [3.8, 4) is 5.75 Å². The summed E-state index contributed by atoms with van der Waals surface area (Å²) in [6, 6.07) is 8.34. The molecule has 0 amide bonds. The highest BCUT2D eigenvalue weighted by atomic mass is 16.3. The molecule has 1 N–H and O–H groups in total. The zero-order chi connectivity index (χ0) is 10.3. The predicted molar refractivity (Wildman–Crippen MR) is 59.8 cm³/mol. The van der Waals surface area contributed by atoms with Gasteiger partial charge in [0.2, 0.25) is 0 Å². The zero-order valence-corrected chi connectivity index (χ0v) is 8.76. The number of aromatic hydroxyl groups is 1. The van der Waals surface area contributed by atoms with E-state index < -0.39 is 0 Å². The van der Waals surface area contributed by atoms with Crippen molar-refractivity contribution < 1.29 is 5.11 Å². The van der Waals surface area contributed by atoms with Gasteiger partial charge in [0, 0.05) is 0 Å².